The fourth-order valence-electron chi connectivity index (χ4n) is 1.92. The van der Waals surface area contributed by atoms with Crippen LogP contribution in [0.2, 0.25) is 5.02 Å². The van der Waals surface area contributed by atoms with Crippen LogP contribution in [0.3, 0.4) is 0 Å². The van der Waals surface area contributed by atoms with E-state index in [0.29, 0.717) is 23.6 Å². The van der Waals surface area contributed by atoms with Crippen molar-refractivity contribution in [1.29, 1.82) is 0 Å². The van der Waals surface area contributed by atoms with Gasteiger partial charge in [-0.25, -0.2) is 4.90 Å². The first kappa shape index (κ1) is 12.8. The molecule has 1 saturated heterocycles. The van der Waals surface area contributed by atoms with Gasteiger partial charge in [-0.05, 0) is 46.7 Å². The van der Waals surface area contributed by atoms with Crippen LogP contribution < -0.4 is 4.90 Å². The van der Waals surface area contributed by atoms with Gasteiger partial charge in [0.1, 0.15) is 0 Å². The average Bonchev–Trinajstić information content (AvgIpc) is 2.19. The number of hydrogen-bond acceptors (Lipinski definition) is 2. The maximum Gasteiger partial charge on any atom is 0.234 e. The van der Waals surface area contributed by atoms with E-state index in [1.54, 1.807) is 18.2 Å². The number of benzene rings is 1. The number of piperidine rings is 1. The Morgan fingerprint density at radius 3 is 2.41 bits per heavy atom. The van der Waals surface area contributed by atoms with Crippen LogP contribution in [-0.4, -0.2) is 11.8 Å². The number of nitrogens with zero attached hydrogens (tertiary/aromatic N) is 1. The first-order valence-electron chi connectivity index (χ1n) is 5.30. The molecule has 0 aliphatic carbocycles. The third kappa shape index (κ3) is 2.63. The van der Waals surface area contributed by atoms with E-state index in [0.717, 1.165) is 3.57 Å². The molecule has 0 bridgehead atoms. The predicted octanol–water partition coefficient (Wildman–Crippen LogP) is 3.23. The van der Waals surface area contributed by atoms with Crippen LogP contribution in [0.1, 0.15) is 19.8 Å². The first-order valence-corrected chi connectivity index (χ1v) is 6.75. The van der Waals surface area contributed by atoms with Crippen molar-refractivity contribution in [2.24, 2.45) is 5.92 Å². The van der Waals surface area contributed by atoms with Crippen LogP contribution in [0.25, 0.3) is 0 Å². The summed E-state index contributed by atoms with van der Waals surface area (Å²) in [4.78, 5) is 25.1. The summed E-state index contributed by atoms with van der Waals surface area (Å²) in [5.41, 5.74) is 0.636. The summed E-state index contributed by atoms with van der Waals surface area (Å²) in [6, 6.07) is 5.16. The zero-order chi connectivity index (χ0) is 12.6. The normalized spacial score (nSPS) is 17.7. The third-order valence-corrected chi connectivity index (χ3v) is 3.79. The molecule has 1 aromatic carbocycles. The lowest BCUT2D eigenvalue weighted by Gasteiger charge is -2.29. The number of carbonyl (C=O) groups is 2. The van der Waals surface area contributed by atoms with Crippen LogP contribution in [0.4, 0.5) is 5.69 Å². The largest absolute Gasteiger partial charge is 0.274 e. The summed E-state index contributed by atoms with van der Waals surface area (Å²) in [5, 5.41) is 0.600. The molecule has 0 unspecified atom stereocenters. The molecule has 1 aliphatic rings. The van der Waals surface area contributed by atoms with E-state index in [1.807, 2.05) is 6.92 Å². The number of hydrogen-bond donors (Lipinski definition) is 0. The Hall–Kier alpha value is -0.620. The quantitative estimate of drug-likeness (QED) is 0.567. The molecule has 90 valence electrons. The topological polar surface area (TPSA) is 37.4 Å². The maximum absolute atomic E-state index is 11.9. The van der Waals surface area contributed by atoms with E-state index in [9.17, 15) is 9.59 Å². The molecule has 1 aromatic rings. The molecule has 17 heavy (non-hydrogen) atoms. The summed E-state index contributed by atoms with van der Waals surface area (Å²) in [6.45, 7) is 1.92. The second-order valence-corrected chi connectivity index (χ2v) is 5.83. The van der Waals surface area contributed by atoms with Gasteiger partial charge in [-0.2, -0.15) is 0 Å². The van der Waals surface area contributed by atoms with Crippen LogP contribution in [0.5, 0.6) is 0 Å². The number of halogens is 2. The molecule has 3 nitrogen and oxygen atoms in total. The highest BCUT2D eigenvalue weighted by molar-refractivity contribution is 14.1. The monoisotopic (exact) mass is 363 g/mol. The van der Waals surface area contributed by atoms with Gasteiger partial charge in [0.15, 0.2) is 0 Å². The summed E-state index contributed by atoms with van der Waals surface area (Å²) in [6.07, 6.45) is 0.842. The van der Waals surface area contributed by atoms with Gasteiger partial charge in [0.2, 0.25) is 11.8 Å². The zero-order valence-corrected chi connectivity index (χ0v) is 12.2. The van der Waals surface area contributed by atoms with E-state index < -0.39 is 0 Å². The Morgan fingerprint density at radius 2 is 1.88 bits per heavy atom. The van der Waals surface area contributed by atoms with Gasteiger partial charge in [0.25, 0.3) is 0 Å². The molecule has 1 heterocycles. The molecule has 0 spiro atoms. The summed E-state index contributed by atoms with van der Waals surface area (Å²) in [5.74, 6) is -0.126. The average molecular weight is 364 g/mol. The van der Waals surface area contributed by atoms with Crippen molar-refractivity contribution in [2.45, 2.75) is 19.8 Å². The molecule has 0 saturated carbocycles. The van der Waals surface area contributed by atoms with Crippen molar-refractivity contribution in [3.05, 3.63) is 26.8 Å². The van der Waals surface area contributed by atoms with Gasteiger partial charge >= 0.3 is 0 Å². The number of anilines is 1. The van der Waals surface area contributed by atoms with E-state index >= 15 is 0 Å². The minimum atomic E-state index is -0.131. The van der Waals surface area contributed by atoms with Crippen molar-refractivity contribution < 1.29 is 9.59 Å². The van der Waals surface area contributed by atoms with Crippen LogP contribution in [0.15, 0.2) is 18.2 Å². The van der Waals surface area contributed by atoms with E-state index in [-0.39, 0.29) is 17.7 Å². The minimum absolute atomic E-state index is 0.131. The molecule has 2 rings (SSSR count). The summed E-state index contributed by atoms with van der Waals surface area (Å²) < 4.78 is 0.811. The number of imide groups is 1. The van der Waals surface area contributed by atoms with Gasteiger partial charge in [-0.15, -0.1) is 0 Å². The van der Waals surface area contributed by atoms with Gasteiger partial charge < -0.3 is 0 Å². The van der Waals surface area contributed by atoms with Crippen molar-refractivity contribution in [3.8, 4) is 0 Å². The Balaban J connectivity index is 2.38. The van der Waals surface area contributed by atoms with Crippen LogP contribution in [-0.2, 0) is 9.59 Å². The second-order valence-electron chi connectivity index (χ2n) is 4.23. The maximum atomic E-state index is 11.9. The number of carbonyl (C=O) groups excluding carboxylic acids is 2. The molecule has 0 aromatic heterocycles. The molecule has 0 N–H and O–H groups in total. The SMILES string of the molecule is CC1CC(=O)N(c2ccc(Cl)cc2I)C(=O)C1. The lowest BCUT2D eigenvalue weighted by atomic mass is 9.97. The van der Waals surface area contributed by atoms with Crippen molar-refractivity contribution in [3.63, 3.8) is 0 Å². The van der Waals surface area contributed by atoms with E-state index in [4.69, 9.17) is 11.6 Å². The van der Waals surface area contributed by atoms with Crippen molar-refractivity contribution in [2.75, 3.05) is 4.90 Å². The molecule has 5 heteroatoms. The first-order chi connectivity index (χ1) is 7.99. The highest BCUT2D eigenvalue weighted by Gasteiger charge is 2.32. The molecular weight excluding hydrogens is 352 g/mol. The van der Waals surface area contributed by atoms with Crippen molar-refractivity contribution in [1.82, 2.24) is 0 Å². The summed E-state index contributed by atoms with van der Waals surface area (Å²) >= 11 is 7.94. The molecule has 0 atom stereocenters. The second kappa shape index (κ2) is 4.94. The Bertz CT molecular complexity index is 471. The number of amides is 2. The molecule has 1 aliphatic heterocycles. The highest BCUT2D eigenvalue weighted by atomic mass is 127. The lowest BCUT2D eigenvalue weighted by Crippen LogP contribution is -2.43. The zero-order valence-electron chi connectivity index (χ0n) is 9.24. The van der Waals surface area contributed by atoms with Gasteiger partial charge in [0, 0.05) is 21.4 Å². The van der Waals surface area contributed by atoms with Crippen LogP contribution >= 0.6 is 34.2 Å². The van der Waals surface area contributed by atoms with Crippen LogP contribution in [0, 0.1) is 9.49 Å². The standard InChI is InChI=1S/C12H11ClINO2/c1-7-4-11(16)15(12(17)5-7)10-3-2-8(13)6-9(10)14/h2-3,6-7H,4-5H2,1H3. The van der Waals surface area contributed by atoms with E-state index in [1.165, 1.54) is 4.90 Å². The Kier molecular flexibility index (Phi) is 3.73. The van der Waals surface area contributed by atoms with E-state index in [2.05, 4.69) is 22.6 Å². The summed E-state index contributed by atoms with van der Waals surface area (Å²) in [7, 11) is 0. The predicted molar refractivity (Wildman–Crippen MR) is 75.1 cm³/mol. The Morgan fingerprint density at radius 1 is 1.29 bits per heavy atom. The minimum Gasteiger partial charge on any atom is -0.274 e. The van der Waals surface area contributed by atoms with Gasteiger partial charge in [0.05, 0.1) is 5.69 Å². The highest BCUT2D eigenvalue weighted by Crippen LogP contribution is 2.30. The molecule has 0 radical (unpaired) electrons. The molecule has 1 fully saturated rings. The lowest BCUT2D eigenvalue weighted by molar-refractivity contribution is -0.130. The Labute approximate surface area is 118 Å². The van der Waals surface area contributed by atoms with Gasteiger partial charge in [-0.1, -0.05) is 18.5 Å². The fraction of sp³-hybridized carbons (Fsp3) is 0.333. The third-order valence-electron chi connectivity index (χ3n) is 2.70. The van der Waals surface area contributed by atoms with Crippen molar-refractivity contribution >= 4 is 51.7 Å². The van der Waals surface area contributed by atoms with Gasteiger partial charge in [-0.3, -0.25) is 9.59 Å². The molecular formula is C12H11ClINO2. The smallest absolute Gasteiger partial charge is 0.234 e. The molecule has 2 amide bonds. The fourth-order valence-corrected chi connectivity index (χ4v) is 3.03. The number of rotatable bonds is 1.